The summed E-state index contributed by atoms with van der Waals surface area (Å²) in [5, 5.41) is 6.11. The summed E-state index contributed by atoms with van der Waals surface area (Å²) in [7, 11) is 0. The third-order valence-corrected chi connectivity index (χ3v) is 4.62. The number of rotatable bonds is 3. The van der Waals surface area contributed by atoms with E-state index >= 15 is 0 Å². The van der Waals surface area contributed by atoms with E-state index in [0.29, 0.717) is 0 Å². The Balaban J connectivity index is 1.89. The zero-order valence-electron chi connectivity index (χ0n) is 15.5. The van der Waals surface area contributed by atoms with Gasteiger partial charge in [0.05, 0.1) is 0 Å². The highest BCUT2D eigenvalue weighted by Crippen LogP contribution is 2.30. The molecule has 1 aliphatic rings. The molecule has 4 heteroatoms. The van der Waals surface area contributed by atoms with Crippen molar-refractivity contribution >= 4 is 17.5 Å². The Bertz CT molecular complexity index is 609. The number of aryl methyl sites for hydroxylation is 2. The first kappa shape index (κ1) is 18.5. The van der Waals surface area contributed by atoms with E-state index in [2.05, 4.69) is 10.6 Å². The van der Waals surface area contributed by atoms with Gasteiger partial charge in [0.15, 0.2) is 0 Å². The van der Waals surface area contributed by atoms with Crippen LogP contribution in [0.5, 0.6) is 0 Å². The lowest BCUT2D eigenvalue weighted by Gasteiger charge is -2.30. The van der Waals surface area contributed by atoms with Crippen molar-refractivity contribution in [1.29, 1.82) is 0 Å². The Kier molecular flexibility index (Phi) is 5.68. The van der Waals surface area contributed by atoms with Gasteiger partial charge in [-0.1, -0.05) is 12.1 Å². The Morgan fingerprint density at radius 3 is 2.04 bits per heavy atom. The largest absolute Gasteiger partial charge is 0.351 e. The van der Waals surface area contributed by atoms with Crippen LogP contribution >= 0.6 is 0 Å². The Hall–Kier alpha value is -1.84. The number of hydrogen-bond donors (Lipinski definition) is 2. The van der Waals surface area contributed by atoms with Crippen LogP contribution in [-0.2, 0) is 9.59 Å². The topological polar surface area (TPSA) is 58.2 Å². The molecule has 0 atom stereocenters. The van der Waals surface area contributed by atoms with Crippen molar-refractivity contribution in [3.63, 3.8) is 0 Å². The molecule has 1 fully saturated rings. The second-order valence-electron chi connectivity index (χ2n) is 8.10. The molecule has 1 aromatic carbocycles. The minimum absolute atomic E-state index is 0.00333. The van der Waals surface area contributed by atoms with Gasteiger partial charge in [-0.15, -0.1) is 0 Å². The molecule has 1 saturated carbocycles. The summed E-state index contributed by atoms with van der Waals surface area (Å²) in [6, 6.07) is 6.08. The van der Waals surface area contributed by atoms with E-state index in [9.17, 15) is 9.59 Å². The van der Waals surface area contributed by atoms with Gasteiger partial charge in [0.2, 0.25) is 11.8 Å². The molecule has 24 heavy (non-hydrogen) atoms. The molecule has 1 aliphatic carbocycles. The molecule has 0 unspecified atom stereocenters. The highest BCUT2D eigenvalue weighted by atomic mass is 16.2. The highest BCUT2D eigenvalue weighted by Gasteiger charge is 2.31. The molecule has 1 aromatic rings. The maximum absolute atomic E-state index is 12.5. The summed E-state index contributed by atoms with van der Waals surface area (Å²) in [6.07, 6.45) is 3.12. The van der Waals surface area contributed by atoms with Gasteiger partial charge in [-0.25, -0.2) is 0 Å². The Morgan fingerprint density at radius 1 is 0.958 bits per heavy atom. The molecule has 0 aliphatic heterocycles. The van der Waals surface area contributed by atoms with Crippen molar-refractivity contribution in [2.24, 2.45) is 11.8 Å². The van der Waals surface area contributed by atoms with Crippen molar-refractivity contribution in [3.05, 3.63) is 29.3 Å². The van der Waals surface area contributed by atoms with E-state index in [1.807, 2.05) is 52.8 Å². The maximum Gasteiger partial charge on any atom is 0.227 e. The minimum atomic E-state index is -0.200. The lowest BCUT2D eigenvalue weighted by atomic mass is 9.80. The highest BCUT2D eigenvalue weighted by molar-refractivity contribution is 5.93. The Labute approximate surface area is 145 Å². The standard InChI is InChI=1S/C20H30N2O2/c1-13-6-7-14(2)17(12-13)21-18(23)15-8-10-16(11-9-15)19(24)22-20(3,4)5/h6-7,12,15-16H,8-11H2,1-5H3,(H,21,23)(H,22,24). The zero-order chi connectivity index (χ0) is 17.9. The fourth-order valence-electron chi connectivity index (χ4n) is 3.19. The summed E-state index contributed by atoms with van der Waals surface area (Å²) in [5.41, 5.74) is 2.91. The second-order valence-corrected chi connectivity index (χ2v) is 8.10. The van der Waals surface area contributed by atoms with Crippen LogP contribution in [-0.4, -0.2) is 17.4 Å². The number of amides is 2. The quantitative estimate of drug-likeness (QED) is 0.881. The van der Waals surface area contributed by atoms with Crippen molar-refractivity contribution in [1.82, 2.24) is 5.32 Å². The van der Waals surface area contributed by atoms with E-state index in [4.69, 9.17) is 0 Å². The first-order chi connectivity index (χ1) is 11.2. The second kappa shape index (κ2) is 7.37. The number of nitrogens with one attached hydrogen (secondary N) is 2. The smallest absolute Gasteiger partial charge is 0.227 e. The number of carbonyl (C=O) groups is 2. The summed E-state index contributed by atoms with van der Waals surface area (Å²) < 4.78 is 0. The summed E-state index contributed by atoms with van der Waals surface area (Å²) in [6.45, 7) is 10.0. The van der Waals surface area contributed by atoms with Gasteiger partial charge in [0.25, 0.3) is 0 Å². The molecular weight excluding hydrogens is 300 g/mol. The third kappa shape index (κ3) is 5.08. The van der Waals surface area contributed by atoms with Crippen molar-refractivity contribution in [3.8, 4) is 0 Å². The third-order valence-electron chi connectivity index (χ3n) is 4.62. The molecule has 0 saturated heterocycles. The Morgan fingerprint density at radius 2 is 1.50 bits per heavy atom. The monoisotopic (exact) mass is 330 g/mol. The predicted octanol–water partition coefficient (Wildman–Crippen LogP) is 3.96. The van der Waals surface area contributed by atoms with Crippen LogP contribution in [0.3, 0.4) is 0 Å². The van der Waals surface area contributed by atoms with E-state index < -0.39 is 0 Å². The van der Waals surface area contributed by atoms with E-state index in [1.165, 1.54) is 0 Å². The molecule has 0 spiro atoms. The molecular formula is C20H30N2O2. The molecule has 0 bridgehead atoms. The number of carbonyl (C=O) groups excluding carboxylic acids is 2. The molecule has 0 radical (unpaired) electrons. The van der Waals surface area contributed by atoms with Gasteiger partial charge < -0.3 is 10.6 Å². The van der Waals surface area contributed by atoms with Gasteiger partial charge >= 0.3 is 0 Å². The normalized spacial score (nSPS) is 21.2. The summed E-state index contributed by atoms with van der Waals surface area (Å²) >= 11 is 0. The lowest BCUT2D eigenvalue weighted by molar-refractivity contribution is -0.129. The molecule has 4 nitrogen and oxygen atoms in total. The van der Waals surface area contributed by atoms with Crippen molar-refractivity contribution in [2.75, 3.05) is 5.32 Å². The van der Waals surface area contributed by atoms with Crippen LogP contribution in [0.4, 0.5) is 5.69 Å². The minimum Gasteiger partial charge on any atom is -0.351 e. The number of benzene rings is 1. The fourth-order valence-corrected chi connectivity index (χ4v) is 3.19. The van der Waals surface area contributed by atoms with E-state index in [1.54, 1.807) is 0 Å². The molecule has 132 valence electrons. The number of anilines is 1. The average Bonchev–Trinajstić information content (AvgIpc) is 2.49. The SMILES string of the molecule is Cc1ccc(C)c(NC(=O)C2CCC(C(=O)NC(C)(C)C)CC2)c1. The summed E-state index contributed by atoms with van der Waals surface area (Å²) in [5.74, 6) is 0.242. The van der Waals surface area contributed by atoms with Gasteiger partial charge in [0, 0.05) is 23.1 Å². The van der Waals surface area contributed by atoms with Crippen LogP contribution < -0.4 is 10.6 Å². The summed E-state index contributed by atoms with van der Waals surface area (Å²) in [4.78, 5) is 24.8. The molecule has 2 amide bonds. The van der Waals surface area contributed by atoms with Crippen LogP contribution in [0.25, 0.3) is 0 Å². The first-order valence-electron chi connectivity index (χ1n) is 8.86. The van der Waals surface area contributed by atoms with Gasteiger partial charge in [-0.2, -0.15) is 0 Å². The average molecular weight is 330 g/mol. The molecule has 0 aromatic heterocycles. The van der Waals surface area contributed by atoms with E-state index in [-0.39, 0.29) is 29.2 Å². The van der Waals surface area contributed by atoms with Gasteiger partial charge in [-0.05, 0) is 77.5 Å². The molecule has 2 N–H and O–H groups in total. The van der Waals surface area contributed by atoms with Crippen LogP contribution in [0, 0.1) is 25.7 Å². The van der Waals surface area contributed by atoms with Crippen LogP contribution in [0.1, 0.15) is 57.6 Å². The van der Waals surface area contributed by atoms with Crippen molar-refractivity contribution in [2.45, 2.75) is 65.8 Å². The predicted molar refractivity (Wildman–Crippen MR) is 97.9 cm³/mol. The van der Waals surface area contributed by atoms with Crippen LogP contribution in [0.15, 0.2) is 18.2 Å². The molecule has 0 heterocycles. The lowest BCUT2D eigenvalue weighted by Crippen LogP contribution is -2.45. The van der Waals surface area contributed by atoms with E-state index in [0.717, 1.165) is 42.5 Å². The van der Waals surface area contributed by atoms with Gasteiger partial charge in [-0.3, -0.25) is 9.59 Å². The van der Waals surface area contributed by atoms with Crippen molar-refractivity contribution < 1.29 is 9.59 Å². The first-order valence-corrected chi connectivity index (χ1v) is 8.86. The fraction of sp³-hybridized carbons (Fsp3) is 0.600. The maximum atomic E-state index is 12.5. The number of hydrogen-bond acceptors (Lipinski definition) is 2. The zero-order valence-corrected chi connectivity index (χ0v) is 15.5. The van der Waals surface area contributed by atoms with Gasteiger partial charge in [0.1, 0.15) is 0 Å². The van der Waals surface area contributed by atoms with Crippen LogP contribution in [0.2, 0.25) is 0 Å². The molecule has 2 rings (SSSR count).